The molecule has 0 aliphatic rings. The number of carbonyl (C=O) groups excluding carboxylic acids is 2. The predicted molar refractivity (Wildman–Crippen MR) is 115 cm³/mol. The van der Waals surface area contributed by atoms with E-state index in [0.717, 1.165) is 23.7 Å². The molecule has 2 aromatic rings. The van der Waals surface area contributed by atoms with Gasteiger partial charge in [0.1, 0.15) is 11.4 Å². The van der Waals surface area contributed by atoms with Crippen LogP contribution >= 0.6 is 11.8 Å². The molecular formula is C21H28N4O3S. The Morgan fingerprint density at radius 1 is 1.21 bits per heavy atom. The van der Waals surface area contributed by atoms with Crippen LogP contribution in [0.25, 0.3) is 0 Å². The van der Waals surface area contributed by atoms with Crippen molar-refractivity contribution in [1.82, 2.24) is 15.3 Å². The number of amides is 1. The Kier molecular flexibility index (Phi) is 8.45. The van der Waals surface area contributed by atoms with Gasteiger partial charge >= 0.3 is 5.97 Å². The van der Waals surface area contributed by atoms with Crippen LogP contribution in [-0.2, 0) is 16.0 Å². The number of carbonyl (C=O) groups is 2. The first kappa shape index (κ1) is 22.7. The second kappa shape index (κ2) is 10.8. The molecule has 0 bridgehead atoms. The van der Waals surface area contributed by atoms with Gasteiger partial charge in [-0.05, 0) is 37.3 Å². The molecule has 156 valence electrons. The number of esters is 1. The number of benzene rings is 1. The summed E-state index contributed by atoms with van der Waals surface area (Å²) in [5, 5.41) is 3.30. The molecule has 1 atom stereocenters. The van der Waals surface area contributed by atoms with Gasteiger partial charge in [-0.25, -0.2) is 14.8 Å². The molecule has 0 fully saturated rings. The minimum Gasteiger partial charge on any atom is -0.462 e. The van der Waals surface area contributed by atoms with E-state index in [4.69, 9.17) is 10.5 Å². The van der Waals surface area contributed by atoms with Crippen LogP contribution in [0.2, 0.25) is 0 Å². The minimum atomic E-state index is -0.562. The van der Waals surface area contributed by atoms with Gasteiger partial charge in [-0.15, -0.1) is 0 Å². The molecule has 1 heterocycles. The molecule has 8 heteroatoms. The molecule has 1 aromatic heterocycles. The molecule has 29 heavy (non-hydrogen) atoms. The first-order valence-electron chi connectivity index (χ1n) is 9.60. The second-order valence-electron chi connectivity index (χ2n) is 7.09. The summed E-state index contributed by atoms with van der Waals surface area (Å²) < 4.78 is 4.89. The van der Waals surface area contributed by atoms with Gasteiger partial charge in [0.2, 0.25) is 5.91 Å². The molecule has 0 aliphatic heterocycles. The zero-order valence-electron chi connectivity index (χ0n) is 17.3. The average Bonchev–Trinajstić information content (AvgIpc) is 2.66. The van der Waals surface area contributed by atoms with Crippen molar-refractivity contribution in [2.45, 2.75) is 45.3 Å². The van der Waals surface area contributed by atoms with E-state index >= 15 is 0 Å². The third-order valence-electron chi connectivity index (χ3n) is 4.13. The van der Waals surface area contributed by atoms with Gasteiger partial charge in [0.15, 0.2) is 5.16 Å². The van der Waals surface area contributed by atoms with Crippen molar-refractivity contribution in [3.63, 3.8) is 0 Å². The van der Waals surface area contributed by atoms with Crippen molar-refractivity contribution < 1.29 is 14.3 Å². The summed E-state index contributed by atoms with van der Waals surface area (Å²) in [7, 11) is 0. The highest BCUT2D eigenvalue weighted by atomic mass is 32.2. The summed E-state index contributed by atoms with van der Waals surface area (Å²) in [6.07, 6.45) is 2.36. The number of anilines is 1. The van der Waals surface area contributed by atoms with Crippen molar-refractivity contribution in [1.29, 1.82) is 0 Å². The maximum Gasteiger partial charge on any atom is 0.343 e. The molecule has 3 N–H and O–H groups in total. The Bertz CT molecular complexity index is 840. The Balaban J connectivity index is 1.87. The standard InChI is InChI=1S/C21H28N4O3S/c1-5-28-20(27)17-11-23-21(25-19(17)22)29-12-18(26)24-14(4)16-8-6-15(7-9-16)10-13(2)3/h6-9,11,13-14H,5,10,12H2,1-4H3,(H,24,26)(H2,22,23,25). The molecular weight excluding hydrogens is 388 g/mol. The quantitative estimate of drug-likeness (QED) is 0.366. The van der Waals surface area contributed by atoms with Crippen LogP contribution in [-0.4, -0.2) is 34.2 Å². The first-order chi connectivity index (χ1) is 13.8. The predicted octanol–water partition coefficient (Wildman–Crippen LogP) is 3.40. The number of thioether (sulfide) groups is 1. The largest absolute Gasteiger partial charge is 0.462 e. The highest BCUT2D eigenvalue weighted by molar-refractivity contribution is 7.99. The molecule has 7 nitrogen and oxygen atoms in total. The third-order valence-corrected chi connectivity index (χ3v) is 4.99. The van der Waals surface area contributed by atoms with Crippen LogP contribution in [0.1, 0.15) is 55.2 Å². The lowest BCUT2D eigenvalue weighted by Crippen LogP contribution is -2.28. The Labute approximate surface area is 175 Å². The fraction of sp³-hybridized carbons (Fsp3) is 0.429. The summed E-state index contributed by atoms with van der Waals surface area (Å²) in [6, 6.07) is 8.21. The minimum absolute atomic E-state index is 0.0382. The lowest BCUT2D eigenvalue weighted by molar-refractivity contribution is -0.119. The zero-order valence-corrected chi connectivity index (χ0v) is 18.1. The third kappa shape index (κ3) is 7.05. The van der Waals surface area contributed by atoms with Crippen molar-refractivity contribution in [3.05, 3.63) is 47.2 Å². The number of nitrogens with two attached hydrogens (primary N) is 1. The van der Waals surface area contributed by atoms with Gasteiger partial charge in [-0.3, -0.25) is 4.79 Å². The molecule has 0 saturated heterocycles. The number of rotatable bonds is 9. The van der Waals surface area contributed by atoms with Gasteiger partial charge in [-0.2, -0.15) is 0 Å². The maximum absolute atomic E-state index is 12.3. The molecule has 0 radical (unpaired) electrons. The Hall–Kier alpha value is -2.61. The van der Waals surface area contributed by atoms with Gasteiger partial charge in [-0.1, -0.05) is 49.9 Å². The molecule has 1 unspecified atom stereocenters. The molecule has 0 aliphatic carbocycles. The summed E-state index contributed by atoms with van der Waals surface area (Å²) in [5.74, 6) is 0.0975. The zero-order chi connectivity index (χ0) is 21.4. The fourth-order valence-electron chi connectivity index (χ4n) is 2.72. The van der Waals surface area contributed by atoms with Crippen LogP contribution < -0.4 is 11.1 Å². The van der Waals surface area contributed by atoms with E-state index in [9.17, 15) is 9.59 Å². The van der Waals surface area contributed by atoms with Crippen LogP contribution in [0.15, 0.2) is 35.6 Å². The molecule has 2 rings (SSSR count). The van der Waals surface area contributed by atoms with Crippen molar-refractivity contribution in [2.24, 2.45) is 5.92 Å². The monoisotopic (exact) mass is 416 g/mol. The SMILES string of the molecule is CCOC(=O)c1cnc(SCC(=O)NC(C)c2ccc(CC(C)C)cc2)nc1N. The summed E-state index contributed by atoms with van der Waals surface area (Å²) in [6.45, 7) is 8.28. The fourth-order valence-corrected chi connectivity index (χ4v) is 3.36. The van der Waals surface area contributed by atoms with E-state index in [-0.39, 0.29) is 35.7 Å². The van der Waals surface area contributed by atoms with Gasteiger partial charge in [0.25, 0.3) is 0 Å². The number of aromatic nitrogens is 2. The van der Waals surface area contributed by atoms with Crippen LogP contribution in [0, 0.1) is 5.92 Å². The highest BCUT2D eigenvalue weighted by Gasteiger charge is 2.15. The van der Waals surface area contributed by atoms with E-state index in [1.807, 2.05) is 19.1 Å². The lowest BCUT2D eigenvalue weighted by atomic mass is 10.00. The van der Waals surface area contributed by atoms with Crippen LogP contribution in [0.5, 0.6) is 0 Å². The van der Waals surface area contributed by atoms with Crippen molar-refractivity contribution >= 4 is 29.5 Å². The van der Waals surface area contributed by atoms with E-state index in [2.05, 4.69) is 41.3 Å². The first-order valence-corrected chi connectivity index (χ1v) is 10.6. The summed E-state index contributed by atoms with van der Waals surface area (Å²) in [4.78, 5) is 32.1. The van der Waals surface area contributed by atoms with Gasteiger partial charge in [0.05, 0.1) is 18.4 Å². The molecule has 0 spiro atoms. The van der Waals surface area contributed by atoms with E-state index in [1.54, 1.807) is 6.92 Å². The number of ether oxygens (including phenoxy) is 1. The molecule has 1 amide bonds. The van der Waals surface area contributed by atoms with Crippen molar-refractivity contribution in [2.75, 3.05) is 18.1 Å². The number of nitrogens with zero attached hydrogens (tertiary/aromatic N) is 2. The average molecular weight is 417 g/mol. The van der Waals surface area contributed by atoms with E-state index in [1.165, 1.54) is 11.8 Å². The number of nitrogen functional groups attached to an aromatic ring is 1. The van der Waals surface area contributed by atoms with Crippen molar-refractivity contribution in [3.8, 4) is 0 Å². The normalized spacial score (nSPS) is 11.9. The topological polar surface area (TPSA) is 107 Å². The number of hydrogen-bond donors (Lipinski definition) is 2. The smallest absolute Gasteiger partial charge is 0.343 e. The molecule has 0 saturated carbocycles. The maximum atomic E-state index is 12.3. The Morgan fingerprint density at radius 3 is 2.48 bits per heavy atom. The number of nitrogens with one attached hydrogen (secondary N) is 1. The number of hydrogen-bond acceptors (Lipinski definition) is 7. The summed E-state index contributed by atoms with van der Waals surface area (Å²) >= 11 is 1.16. The van der Waals surface area contributed by atoms with E-state index < -0.39 is 5.97 Å². The highest BCUT2D eigenvalue weighted by Crippen LogP contribution is 2.19. The lowest BCUT2D eigenvalue weighted by Gasteiger charge is -2.15. The van der Waals surface area contributed by atoms with Gasteiger partial charge < -0.3 is 15.8 Å². The van der Waals surface area contributed by atoms with Gasteiger partial charge in [0, 0.05) is 6.20 Å². The van der Waals surface area contributed by atoms with Crippen LogP contribution in [0.3, 0.4) is 0 Å². The van der Waals surface area contributed by atoms with Crippen LogP contribution in [0.4, 0.5) is 5.82 Å². The summed E-state index contributed by atoms with van der Waals surface area (Å²) in [5.41, 5.74) is 8.25. The second-order valence-corrected chi connectivity index (χ2v) is 8.03. The Morgan fingerprint density at radius 2 is 1.90 bits per heavy atom. The molecule has 1 aromatic carbocycles. The van der Waals surface area contributed by atoms with E-state index in [0.29, 0.717) is 11.1 Å².